The Balaban J connectivity index is 1.32. The van der Waals surface area contributed by atoms with Crippen molar-refractivity contribution in [3.8, 4) is 23.2 Å². The van der Waals surface area contributed by atoms with Crippen molar-refractivity contribution < 1.29 is 9.21 Å². The largest absolute Gasteiger partial charge is 0.463 e. The molecule has 0 atom stereocenters. The van der Waals surface area contributed by atoms with Crippen molar-refractivity contribution >= 4 is 5.91 Å². The van der Waals surface area contributed by atoms with Crippen molar-refractivity contribution in [2.24, 2.45) is 0 Å². The molecule has 0 spiro atoms. The Hall–Kier alpha value is -4.15. The van der Waals surface area contributed by atoms with Gasteiger partial charge in [0.05, 0.1) is 23.6 Å². The third-order valence-corrected chi connectivity index (χ3v) is 5.85. The molecule has 0 saturated carbocycles. The van der Waals surface area contributed by atoms with E-state index in [-0.39, 0.29) is 5.91 Å². The van der Waals surface area contributed by atoms with Crippen LogP contribution in [0.3, 0.4) is 0 Å². The van der Waals surface area contributed by atoms with Gasteiger partial charge in [-0.1, -0.05) is 30.3 Å². The van der Waals surface area contributed by atoms with Crippen LogP contribution < -0.4 is 0 Å². The van der Waals surface area contributed by atoms with Gasteiger partial charge < -0.3 is 9.32 Å². The molecule has 2 aromatic carbocycles. The van der Waals surface area contributed by atoms with Crippen LogP contribution in [-0.2, 0) is 6.54 Å². The van der Waals surface area contributed by atoms with Gasteiger partial charge >= 0.3 is 0 Å². The lowest BCUT2D eigenvalue weighted by Crippen LogP contribution is -2.48. The van der Waals surface area contributed by atoms with Gasteiger partial charge in [-0.2, -0.15) is 10.4 Å². The van der Waals surface area contributed by atoms with Crippen LogP contribution in [0, 0.1) is 11.3 Å². The molecule has 5 rings (SSSR count). The Labute approximate surface area is 192 Å². The predicted molar refractivity (Wildman–Crippen MR) is 124 cm³/mol. The van der Waals surface area contributed by atoms with Gasteiger partial charge in [-0.15, -0.1) is 0 Å². The molecule has 1 saturated heterocycles. The maximum absolute atomic E-state index is 13.5. The van der Waals surface area contributed by atoms with Crippen LogP contribution in [0.25, 0.3) is 17.1 Å². The summed E-state index contributed by atoms with van der Waals surface area (Å²) in [5.41, 5.74) is 3.81. The number of hydrogen-bond acceptors (Lipinski definition) is 5. The second-order valence-corrected chi connectivity index (χ2v) is 8.02. The van der Waals surface area contributed by atoms with Crippen LogP contribution in [0.1, 0.15) is 21.6 Å². The summed E-state index contributed by atoms with van der Waals surface area (Å²) in [4.78, 5) is 17.7. The molecular weight excluding hydrogens is 414 g/mol. The van der Waals surface area contributed by atoms with Gasteiger partial charge in [0.15, 0.2) is 5.76 Å². The molecule has 164 valence electrons. The van der Waals surface area contributed by atoms with E-state index in [2.05, 4.69) is 16.1 Å². The normalized spacial score (nSPS) is 14.2. The highest BCUT2D eigenvalue weighted by atomic mass is 16.3. The first-order valence-electron chi connectivity index (χ1n) is 10.9. The molecule has 0 bridgehead atoms. The summed E-state index contributed by atoms with van der Waals surface area (Å²) in [6.07, 6.45) is 1.60. The summed E-state index contributed by atoms with van der Waals surface area (Å²) in [5, 5.41) is 13.6. The number of nitriles is 1. The van der Waals surface area contributed by atoms with E-state index in [9.17, 15) is 4.79 Å². The van der Waals surface area contributed by atoms with Crippen LogP contribution in [0.5, 0.6) is 0 Å². The molecule has 2 aromatic heterocycles. The van der Waals surface area contributed by atoms with Crippen molar-refractivity contribution in [2.45, 2.75) is 6.54 Å². The average molecular weight is 438 g/mol. The van der Waals surface area contributed by atoms with E-state index in [1.54, 1.807) is 17.0 Å². The standard InChI is InChI=1S/C26H23N5O2/c27-18-20-8-10-21(11-9-20)19-29-12-14-30(15-13-29)26(32)24-17-23(25-7-4-16-33-25)28-31(24)22-5-2-1-3-6-22/h1-11,16-17H,12-15,19H2. The molecule has 0 radical (unpaired) electrons. The monoisotopic (exact) mass is 437 g/mol. The summed E-state index contributed by atoms with van der Waals surface area (Å²) in [7, 11) is 0. The maximum atomic E-state index is 13.5. The molecule has 0 unspecified atom stereocenters. The van der Waals surface area contributed by atoms with Crippen LogP contribution in [-0.4, -0.2) is 51.7 Å². The van der Waals surface area contributed by atoms with Gasteiger partial charge in [0.25, 0.3) is 5.91 Å². The fraction of sp³-hybridized carbons (Fsp3) is 0.192. The van der Waals surface area contributed by atoms with Gasteiger partial charge in [-0.3, -0.25) is 9.69 Å². The number of carbonyl (C=O) groups excluding carboxylic acids is 1. The summed E-state index contributed by atoms with van der Waals surface area (Å²) in [6, 6.07) is 24.9. The second kappa shape index (κ2) is 9.15. The van der Waals surface area contributed by atoms with Crippen molar-refractivity contribution in [2.75, 3.05) is 26.2 Å². The lowest BCUT2D eigenvalue weighted by atomic mass is 10.1. The highest BCUT2D eigenvalue weighted by Crippen LogP contribution is 2.23. The SMILES string of the molecule is N#Cc1ccc(CN2CCN(C(=O)c3cc(-c4ccco4)nn3-c3ccccc3)CC2)cc1. The number of rotatable bonds is 5. The number of carbonyl (C=O) groups is 1. The van der Waals surface area contributed by atoms with E-state index in [1.165, 1.54) is 5.56 Å². The van der Waals surface area contributed by atoms with Crippen LogP contribution in [0.15, 0.2) is 83.5 Å². The van der Waals surface area contributed by atoms with Gasteiger partial charge in [0.2, 0.25) is 0 Å². The molecular formula is C26H23N5O2. The first-order chi connectivity index (χ1) is 16.2. The number of piperazine rings is 1. The minimum atomic E-state index is -0.0396. The molecule has 1 fully saturated rings. The Morgan fingerprint density at radius 2 is 1.73 bits per heavy atom. The molecule has 3 heterocycles. The number of furan rings is 1. The Morgan fingerprint density at radius 1 is 0.970 bits per heavy atom. The zero-order valence-electron chi connectivity index (χ0n) is 18.1. The summed E-state index contributed by atoms with van der Waals surface area (Å²) in [5.74, 6) is 0.591. The first kappa shape index (κ1) is 20.7. The second-order valence-electron chi connectivity index (χ2n) is 8.02. The molecule has 1 amide bonds. The smallest absolute Gasteiger partial charge is 0.272 e. The average Bonchev–Trinajstić information content (AvgIpc) is 3.56. The molecule has 1 aliphatic heterocycles. The third-order valence-electron chi connectivity index (χ3n) is 5.85. The first-order valence-corrected chi connectivity index (χ1v) is 10.9. The van der Waals surface area contributed by atoms with Gasteiger partial charge in [-0.25, -0.2) is 4.68 Å². The van der Waals surface area contributed by atoms with E-state index < -0.39 is 0 Å². The summed E-state index contributed by atoms with van der Waals surface area (Å²) < 4.78 is 7.21. The number of amides is 1. The van der Waals surface area contributed by atoms with Crippen LogP contribution >= 0.6 is 0 Å². The Kier molecular flexibility index (Phi) is 5.75. The summed E-state index contributed by atoms with van der Waals surface area (Å²) in [6.45, 7) is 3.67. The Bertz CT molecular complexity index is 1260. The Morgan fingerprint density at radius 3 is 2.39 bits per heavy atom. The number of para-hydroxylation sites is 1. The highest BCUT2D eigenvalue weighted by Gasteiger charge is 2.26. The highest BCUT2D eigenvalue weighted by molar-refractivity contribution is 5.94. The van der Waals surface area contributed by atoms with E-state index in [0.717, 1.165) is 25.3 Å². The number of nitrogens with zero attached hydrogens (tertiary/aromatic N) is 5. The van der Waals surface area contributed by atoms with Crippen molar-refractivity contribution in [1.29, 1.82) is 5.26 Å². The van der Waals surface area contributed by atoms with E-state index in [4.69, 9.17) is 9.68 Å². The summed E-state index contributed by atoms with van der Waals surface area (Å²) >= 11 is 0. The molecule has 4 aromatic rings. The number of hydrogen-bond donors (Lipinski definition) is 0. The fourth-order valence-corrected chi connectivity index (χ4v) is 4.06. The molecule has 7 heteroatoms. The number of aromatic nitrogens is 2. The van der Waals surface area contributed by atoms with Gasteiger partial charge in [-0.05, 0) is 42.0 Å². The minimum Gasteiger partial charge on any atom is -0.463 e. The molecule has 0 aliphatic carbocycles. The topological polar surface area (TPSA) is 78.3 Å². The van der Waals surface area contributed by atoms with Crippen LogP contribution in [0.4, 0.5) is 0 Å². The quantitative estimate of drug-likeness (QED) is 0.472. The molecule has 33 heavy (non-hydrogen) atoms. The molecule has 0 N–H and O–H groups in total. The third kappa shape index (κ3) is 4.43. The molecule has 7 nitrogen and oxygen atoms in total. The van der Waals surface area contributed by atoms with E-state index in [0.29, 0.717) is 35.8 Å². The zero-order valence-corrected chi connectivity index (χ0v) is 18.1. The van der Waals surface area contributed by atoms with Crippen molar-refractivity contribution in [3.63, 3.8) is 0 Å². The fourth-order valence-electron chi connectivity index (χ4n) is 4.06. The van der Waals surface area contributed by atoms with Crippen LogP contribution in [0.2, 0.25) is 0 Å². The maximum Gasteiger partial charge on any atom is 0.272 e. The lowest BCUT2D eigenvalue weighted by molar-refractivity contribution is 0.0619. The van der Waals surface area contributed by atoms with E-state index >= 15 is 0 Å². The van der Waals surface area contributed by atoms with Gasteiger partial charge in [0.1, 0.15) is 11.4 Å². The lowest BCUT2D eigenvalue weighted by Gasteiger charge is -2.34. The predicted octanol–water partition coefficient (Wildman–Crippen LogP) is 3.96. The van der Waals surface area contributed by atoms with Crippen molar-refractivity contribution in [1.82, 2.24) is 19.6 Å². The zero-order chi connectivity index (χ0) is 22.6. The molecule has 1 aliphatic rings. The minimum absolute atomic E-state index is 0.0396. The number of benzene rings is 2. The van der Waals surface area contributed by atoms with E-state index in [1.807, 2.05) is 71.6 Å². The van der Waals surface area contributed by atoms with Gasteiger partial charge in [0, 0.05) is 38.8 Å². The van der Waals surface area contributed by atoms with Crippen molar-refractivity contribution in [3.05, 3.63) is 95.9 Å².